The summed E-state index contributed by atoms with van der Waals surface area (Å²) < 4.78 is 5.12. The van der Waals surface area contributed by atoms with Crippen molar-refractivity contribution in [2.24, 2.45) is 0 Å². The van der Waals surface area contributed by atoms with E-state index in [2.05, 4.69) is 6.07 Å². The van der Waals surface area contributed by atoms with Crippen molar-refractivity contribution in [2.45, 2.75) is 24.7 Å². The molecule has 0 unspecified atom stereocenters. The third kappa shape index (κ3) is 0.884. The number of carbonyl (C=O) groups excluding carboxylic acids is 1. The van der Waals surface area contributed by atoms with Gasteiger partial charge in [-0.05, 0) is 30.5 Å². The smallest absolute Gasteiger partial charge is 0.164 e. The van der Waals surface area contributed by atoms with Crippen LogP contribution >= 0.6 is 0 Å². The molecular weight excluding hydrogens is 176 g/mol. The molecule has 2 aliphatic carbocycles. The molecule has 0 aliphatic heterocycles. The summed E-state index contributed by atoms with van der Waals surface area (Å²) in [6, 6.07) is 5.90. The maximum atomic E-state index is 11.7. The summed E-state index contributed by atoms with van der Waals surface area (Å²) >= 11 is 0. The van der Waals surface area contributed by atoms with Gasteiger partial charge in [0.1, 0.15) is 5.75 Å². The molecule has 0 atom stereocenters. The van der Waals surface area contributed by atoms with Crippen LogP contribution < -0.4 is 4.74 Å². The van der Waals surface area contributed by atoms with E-state index >= 15 is 0 Å². The van der Waals surface area contributed by atoms with Gasteiger partial charge in [0, 0.05) is 17.4 Å². The van der Waals surface area contributed by atoms with Crippen LogP contribution in [0, 0.1) is 0 Å². The molecule has 0 saturated heterocycles. The van der Waals surface area contributed by atoms with Crippen LogP contribution in [0.4, 0.5) is 0 Å². The minimum absolute atomic E-state index is 0.235. The highest BCUT2D eigenvalue weighted by Crippen LogP contribution is 2.56. The summed E-state index contributed by atoms with van der Waals surface area (Å²) in [7, 11) is 1.63. The molecule has 0 heterocycles. The normalized spacial score (nSPS) is 21.1. The summed E-state index contributed by atoms with van der Waals surface area (Å²) in [5.41, 5.74) is 2.38. The zero-order valence-electron chi connectivity index (χ0n) is 8.17. The molecule has 1 fully saturated rings. The molecule has 0 amide bonds. The van der Waals surface area contributed by atoms with E-state index in [1.54, 1.807) is 7.11 Å². The zero-order valence-corrected chi connectivity index (χ0v) is 8.17. The van der Waals surface area contributed by atoms with Crippen molar-refractivity contribution in [1.29, 1.82) is 0 Å². The first-order valence-corrected chi connectivity index (χ1v) is 4.97. The molecule has 3 rings (SSSR count). The lowest BCUT2D eigenvalue weighted by Crippen LogP contribution is -1.99. The van der Waals surface area contributed by atoms with Crippen molar-refractivity contribution in [1.82, 2.24) is 0 Å². The number of Topliss-reactive ketones (excluding diaryl/α,β-unsaturated/α-hetero) is 1. The van der Waals surface area contributed by atoms with Crippen LogP contribution in [0.1, 0.15) is 35.2 Å². The first-order valence-electron chi connectivity index (χ1n) is 4.97. The summed E-state index contributed by atoms with van der Waals surface area (Å²) in [4.78, 5) is 11.7. The maximum Gasteiger partial charge on any atom is 0.164 e. The number of carbonyl (C=O) groups is 1. The predicted molar refractivity (Wildman–Crippen MR) is 52.9 cm³/mol. The van der Waals surface area contributed by atoms with Gasteiger partial charge in [-0.2, -0.15) is 0 Å². The molecule has 72 valence electrons. The van der Waals surface area contributed by atoms with E-state index in [0.29, 0.717) is 0 Å². The number of hydrogen-bond acceptors (Lipinski definition) is 2. The lowest BCUT2D eigenvalue weighted by molar-refractivity contribution is 0.0986. The quantitative estimate of drug-likeness (QED) is 0.676. The highest BCUT2D eigenvalue weighted by Gasteiger charge is 2.51. The largest absolute Gasteiger partial charge is 0.497 e. The monoisotopic (exact) mass is 188 g/mol. The Kier molecular flexibility index (Phi) is 1.37. The second-order valence-corrected chi connectivity index (χ2v) is 4.29. The maximum absolute atomic E-state index is 11.7. The average molecular weight is 188 g/mol. The molecule has 0 bridgehead atoms. The minimum Gasteiger partial charge on any atom is -0.497 e. The number of benzene rings is 1. The van der Waals surface area contributed by atoms with Gasteiger partial charge < -0.3 is 4.74 Å². The number of methoxy groups -OCH3 is 1. The van der Waals surface area contributed by atoms with Crippen molar-refractivity contribution < 1.29 is 9.53 Å². The van der Waals surface area contributed by atoms with Gasteiger partial charge >= 0.3 is 0 Å². The third-order valence-electron chi connectivity index (χ3n) is 3.45. The number of hydrogen-bond donors (Lipinski definition) is 0. The van der Waals surface area contributed by atoms with Crippen molar-refractivity contribution in [3.63, 3.8) is 0 Å². The van der Waals surface area contributed by atoms with Gasteiger partial charge in [-0.15, -0.1) is 0 Å². The Morgan fingerprint density at radius 1 is 1.36 bits per heavy atom. The van der Waals surface area contributed by atoms with Crippen LogP contribution in [0.3, 0.4) is 0 Å². The molecule has 1 aromatic rings. The summed E-state index contributed by atoms with van der Waals surface area (Å²) in [5, 5.41) is 0. The molecule has 0 N–H and O–H groups in total. The van der Waals surface area contributed by atoms with Crippen molar-refractivity contribution in [3.8, 4) is 5.75 Å². The van der Waals surface area contributed by atoms with E-state index in [1.807, 2.05) is 12.1 Å². The fourth-order valence-corrected chi connectivity index (χ4v) is 2.44. The molecule has 14 heavy (non-hydrogen) atoms. The zero-order chi connectivity index (χ0) is 9.76. The Balaban J connectivity index is 2.17. The van der Waals surface area contributed by atoms with Gasteiger partial charge in [-0.3, -0.25) is 4.79 Å². The van der Waals surface area contributed by atoms with Crippen molar-refractivity contribution >= 4 is 5.78 Å². The SMILES string of the molecule is COc1ccc2c(c1)C(=O)CC21CC1. The first-order chi connectivity index (χ1) is 6.75. The number of rotatable bonds is 1. The third-order valence-corrected chi connectivity index (χ3v) is 3.45. The molecule has 2 heteroatoms. The molecule has 1 aromatic carbocycles. The van der Waals surface area contributed by atoms with Gasteiger partial charge in [0.25, 0.3) is 0 Å². The standard InChI is InChI=1S/C12H12O2/c1-14-8-2-3-10-9(6-8)11(13)7-12(10)4-5-12/h2-3,6H,4-5,7H2,1H3. The topological polar surface area (TPSA) is 26.3 Å². The lowest BCUT2D eigenvalue weighted by Gasteiger charge is -2.07. The van der Waals surface area contributed by atoms with Gasteiger partial charge in [-0.1, -0.05) is 6.07 Å². The fourth-order valence-electron chi connectivity index (χ4n) is 2.44. The van der Waals surface area contributed by atoms with Crippen LogP contribution in [-0.4, -0.2) is 12.9 Å². The Labute approximate surface area is 82.9 Å². The molecule has 2 aliphatic rings. The molecule has 2 nitrogen and oxygen atoms in total. The lowest BCUT2D eigenvalue weighted by atomic mass is 9.99. The Hall–Kier alpha value is -1.31. The summed E-state index contributed by atoms with van der Waals surface area (Å²) in [6.07, 6.45) is 3.08. The molecule has 0 aromatic heterocycles. The second-order valence-electron chi connectivity index (χ2n) is 4.29. The molecule has 0 radical (unpaired) electrons. The Morgan fingerprint density at radius 2 is 2.14 bits per heavy atom. The van der Waals surface area contributed by atoms with E-state index in [9.17, 15) is 4.79 Å². The van der Waals surface area contributed by atoms with Crippen LogP contribution in [-0.2, 0) is 5.41 Å². The molecule has 1 saturated carbocycles. The number of ketones is 1. The highest BCUT2D eigenvalue weighted by molar-refractivity contribution is 6.03. The van der Waals surface area contributed by atoms with Crippen LogP contribution in [0.5, 0.6) is 5.75 Å². The van der Waals surface area contributed by atoms with Gasteiger partial charge in [0.15, 0.2) is 5.78 Å². The van der Waals surface area contributed by atoms with E-state index in [1.165, 1.54) is 18.4 Å². The van der Waals surface area contributed by atoms with Crippen LogP contribution in [0.2, 0.25) is 0 Å². The highest BCUT2D eigenvalue weighted by atomic mass is 16.5. The van der Waals surface area contributed by atoms with Crippen molar-refractivity contribution in [2.75, 3.05) is 7.11 Å². The number of fused-ring (bicyclic) bond motifs is 2. The Bertz CT molecular complexity index is 416. The molecule has 1 spiro atoms. The van der Waals surface area contributed by atoms with E-state index in [-0.39, 0.29) is 11.2 Å². The summed E-state index contributed by atoms with van der Waals surface area (Å²) in [6.45, 7) is 0. The Morgan fingerprint density at radius 3 is 2.79 bits per heavy atom. The molecular formula is C12H12O2. The number of ether oxygens (including phenoxy) is 1. The summed E-state index contributed by atoms with van der Waals surface area (Å²) in [5.74, 6) is 1.08. The van der Waals surface area contributed by atoms with Crippen LogP contribution in [0.25, 0.3) is 0 Å². The average Bonchev–Trinajstić information content (AvgIpc) is 2.91. The fraction of sp³-hybridized carbons (Fsp3) is 0.417. The van der Waals surface area contributed by atoms with Gasteiger partial charge in [0.05, 0.1) is 7.11 Å². The van der Waals surface area contributed by atoms with E-state index < -0.39 is 0 Å². The first kappa shape index (κ1) is 8.04. The van der Waals surface area contributed by atoms with Gasteiger partial charge in [-0.25, -0.2) is 0 Å². The second kappa shape index (κ2) is 2.38. The predicted octanol–water partition coefficient (Wildman–Crippen LogP) is 2.31. The van der Waals surface area contributed by atoms with E-state index in [0.717, 1.165) is 17.7 Å². The van der Waals surface area contributed by atoms with Crippen molar-refractivity contribution in [3.05, 3.63) is 29.3 Å². The van der Waals surface area contributed by atoms with E-state index in [4.69, 9.17) is 4.74 Å². The minimum atomic E-state index is 0.235. The van der Waals surface area contributed by atoms with Crippen LogP contribution in [0.15, 0.2) is 18.2 Å². The van der Waals surface area contributed by atoms with Gasteiger partial charge in [0.2, 0.25) is 0 Å².